The van der Waals surface area contributed by atoms with Crippen LogP contribution in [0.3, 0.4) is 0 Å². The molecular formula is C22H27ClN2O3. The van der Waals surface area contributed by atoms with Crippen molar-refractivity contribution in [2.45, 2.75) is 46.3 Å². The van der Waals surface area contributed by atoms with Gasteiger partial charge in [-0.05, 0) is 51.5 Å². The SMILES string of the molecule is Cc1cccc(CN(C(=O)COc2cccc(Cl)c2)[C@H](C)C(=O)NC(C)C)c1. The molecule has 0 heterocycles. The largest absolute Gasteiger partial charge is 0.484 e. The van der Waals surface area contributed by atoms with Gasteiger partial charge in [-0.2, -0.15) is 0 Å². The standard InChI is InChI=1S/C22H27ClN2O3/c1-15(2)24-22(27)17(4)25(13-18-8-5-7-16(3)11-18)21(26)14-28-20-10-6-9-19(23)12-20/h5-12,15,17H,13-14H2,1-4H3,(H,24,27)/t17-/m1/s1. The summed E-state index contributed by atoms with van der Waals surface area (Å²) in [4.78, 5) is 27.0. The molecule has 0 aromatic heterocycles. The lowest BCUT2D eigenvalue weighted by atomic mass is 10.1. The summed E-state index contributed by atoms with van der Waals surface area (Å²) in [5.74, 6) is 0.0438. The molecule has 150 valence electrons. The number of amides is 2. The molecule has 1 atom stereocenters. The van der Waals surface area contributed by atoms with E-state index in [0.29, 0.717) is 17.3 Å². The van der Waals surface area contributed by atoms with Gasteiger partial charge in [-0.1, -0.05) is 47.5 Å². The zero-order valence-electron chi connectivity index (χ0n) is 16.7. The van der Waals surface area contributed by atoms with Crippen LogP contribution in [0, 0.1) is 6.92 Å². The van der Waals surface area contributed by atoms with E-state index in [4.69, 9.17) is 16.3 Å². The summed E-state index contributed by atoms with van der Waals surface area (Å²) in [6.07, 6.45) is 0. The van der Waals surface area contributed by atoms with E-state index in [1.807, 2.05) is 45.0 Å². The van der Waals surface area contributed by atoms with E-state index >= 15 is 0 Å². The van der Waals surface area contributed by atoms with Gasteiger partial charge in [-0.3, -0.25) is 9.59 Å². The Kier molecular flexibility index (Phi) is 7.88. The van der Waals surface area contributed by atoms with Gasteiger partial charge < -0.3 is 15.0 Å². The van der Waals surface area contributed by atoms with Gasteiger partial charge in [0.2, 0.25) is 5.91 Å². The number of halogens is 1. The normalized spacial score (nSPS) is 11.8. The van der Waals surface area contributed by atoms with Gasteiger partial charge in [0.05, 0.1) is 0 Å². The van der Waals surface area contributed by atoms with Crippen LogP contribution in [0.4, 0.5) is 0 Å². The molecule has 0 aliphatic rings. The molecule has 6 heteroatoms. The number of rotatable bonds is 8. The van der Waals surface area contributed by atoms with E-state index in [1.54, 1.807) is 31.2 Å². The van der Waals surface area contributed by atoms with Crippen LogP contribution in [0.1, 0.15) is 31.9 Å². The molecule has 2 rings (SSSR count). The Morgan fingerprint density at radius 3 is 2.46 bits per heavy atom. The van der Waals surface area contributed by atoms with Crippen molar-refractivity contribution < 1.29 is 14.3 Å². The summed E-state index contributed by atoms with van der Waals surface area (Å²) in [6, 6.07) is 14.1. The number of aryl methyl sites for hydroxylation is 1. The van der Waals surface area contributed by atoms with Gasteiger partial charge >= 0.3 is 0 Å². The molecule has 0 spiro atoms. The predicted octanol–water partition coefficient (Wildman–Crippen LogP) is 3.97. The monoisotopic (exact) mass is 402 g/mol. The van der Waals surface area contributed by atoms with Crippen molar-refractivity contribution in [3.05, 3.63) is 64.7 Å². The minimum Gasteiger partial charge on any atom is -0.484 e. The maximum Gasteiger partial charge on any atom is 0.261 e. The van der Waals surface area contributed by atoms with Gasteiger partial charge in [0.1, 0.15) is 11.8 Å². The lowest BCUT2D eigenvalue weighted by Gasteiger charge is -2.29. The molecule has 0 radical (unpaired) electrons. The van der Waals surface area contributed by atoms with Crippen molar-refractivity contribution in [1.82, 2.24) is 10.2 Å². The Bertz CT molecular complexity index is 823. The first-order chi connectivity index (χ1) is 13.3. The molecule has 2 amide bonds. The van der Waals surface area contributed by atoms with E-state index in [-0.39, 0.29) is 24.5 Å². The minimum absolute atomic E-state index is 0.00594. The lowest BCUT2D eigenvalue weighted by molar-refractivity contribution is -0.142. The molecule has 5 nitrogen and oxygen atoms in total. The van der Waals surface area contributed by atoms with Crippen molar-refractivity contribution in [2.75, 3.05) is 6.61 Å². The van der Waals surface area contributed by atoms with Crippen LogP contribution >= 0.6 is 11.6 Å². The highest BCUT2D eigenvalue weighted by molar-refractivity contribution is 6.30. The summed E-state index contributed by atoms with van der Waals surface area (Å²) in [5, 5.41) is 3.40. The van der Waals surface area contributed by atoms with E-state index in [2.05, 4.69) is 5.32 Å². The molecule has 1 N–H and O–H groups in total. The second kappa shape index (κ2) is 10.1. The third-order valence-corrected chi connectivity index (χ3v) is 4.43. The van der Waals surface area contributed by atoms with Crippen molar-refractivity contribution in [1.29, 1.82) is 0 Å². The molecule has 0 unspecified atom stereocenters. The second-order valence-electron chi connectivity index (χ2n) is 7.10. The van der Waals surface area contributed by atoms with Crippen molar-refractivity contribution in [3.63, 3.8) is 0 Å². The number of hydrogen-bond donors (Lipinski definition) is 1. The van der Waals surface area contributed by atoms with Gasteiger partial charge in [0.25, 0.3) is 5.91 Å². The highest BCUT2D eigenvalue weighted by Gasteiger charge is 2.26. The maximum absolute atomic E-state index is 12.9. The minimum atomic E-state index is -0.627. The summed E-state index contributed by atoms with van der Waals surface area (Å²) >= 11 is 5.96. The molecule has 2 aromatic rings. The molecular weight excluding hydrogens is 376 g/mol. The quantitative estimate of drug-likeness (QED) is 0.726. The Hall–Kier alpha value is -2.53. The fourth-order valence-corrected chi connectivity index (χ4v) is 2.96. The zero-order chi connectivity index (χ0) is 20.7. The molecule has 2 aromatic carbocycles. The summed E-state index contributed by atoms with van der Waals surface area (Å²) in [7, 11) is 0. The Balaban J connectivity index is 2.15. The van der Waals surface area contributed by atoms with Crippen LogP contribution in [-0.4, -0.2) is 35.4 Å². The number of nitrogens with zero attached hydrogens (tertiary/aromatic N) is 1. The van der Waals surface area contributed by atoms with Gasteiger partial charge in [0.15, 0.2) is 6.61 Å². The first-order valence-corrected chi connectivity index (χ1v) is 9.68. The fraction of sp³-hybridized carbons (Fsp3) is 0.364. The van der Waals surface area contributed by atoms with Gasteiger partial charge in [-0.15, -0.1) is 0 Å². The van der Waals surface area contributed by atoms with Crippen LogP contribution in [0.15, 0.2) is 48.5 Å². The number of carbonyl (C=O) groups excluding carboxylic acids is 2. The molecule has 28 heavy (non-hydrogen) atoms. The fourth-order valence-electron chi connectivity index (χ4n) is 2.78. The Labute approximate surface area is 171 Å². The average molecular weight is 403 g/mol. The first kappa shape index (κ1) is 21.8. The van der Waals surface area contributed by atoms with Crippen molar-refractivity contribution in [3.8, 4) is 5.75 Å². The number of hydrogen-bond acceptors (Lipinski definition) is 3. The smallest absolute Gasteiger partial charge is 0.261 e. The van der Waals surface area contributed by atoms with E-state index in [1.165, 1.54) is 4.90 Å². The third-order valence-electron chi connectivity index (χ3n) is 4.19. The lowest BCUT2D eigenvalue weighted by Crippen LogP contribution is -2.50. The highest BCUT2D eigenvalue weighted by Crippen LogP contribution is 2.18. The van der Waals surface area contributed by atoms with Crippen LogP contribution in [0.5, 0.6) is 5.75 Å². The molecule has 0 bridgehead atoms. The number of ether oxygens (including phenoxy) is 1. The van der Waals surface area contributed by atoms with Crippen LogP contribution in [0.25, 0.3) is 0 Å². The Morgan fingerprint density at radius 2 is 1.82 bits per heavy atom. The van der Waals surface area contributed by atoms with Crippen molar-refractivity contribution in [2.24, 2.45) is 0 Å². The summed E-state index contributed by atoms with van der Waals surface area (Å²) < 4.78 is 5.59. The highest BCUT2D eigenvalue weighted by atomic mass is 35.5. The Morgan fingerprint density at radius 1 is 1.11 bits per heavy atom. The second-order valence-corrected chi connectivity index (χ2v) is 7.53. The van der Waals surface area contributed by atoms with Gasteiger partial charge in [-0.25, -0.2) is 0 Å². The number of carbonyl (C=O) groups is 2. The summed E-state index contributed by atoms with van der Waals surface area (Å²) in [6.45, 7) is 7.65. The van der Waals surface area contributed by atoms with Crippen molar-refractivity contribution >= 4 is 23.4 Å². The number of nitrogens with one attached hydrogen (secondary N) is 1. The predicted molar refractivity (Wildman–Crippen MR) is 111 cm³/mol. The maximum atomic E-state index is 12.9. The molecule has 0 saturated carbocycles. The average Bonchev–Trinajstić information content (AvgIpc) is 2.63. The first-order valence-electron chi connectivity index (χ1n) is 9.30. The summed E-state index contributed by atoms with van der Waals surface area (Å²) in [5.41, 5.74) is 2.06. The molecule has 0 aliphatic heterocycles. The van der Waals surface area contributed by atoms with Crippen LogP contribution in [0.2, 0.25) is 5.02 Å². The molecule has 0 saturated heterocycles. The topological polar surface area (TPSA) is 58.6 Å². The third kappa shape index (κ3) is 6.57. The molecule has 0 aliphatic carbocycles. The van der Waals surface area contributed by atoms with E-state index in [9.17, 15) is 9.59 Å². The van der Waals surface area contributed by atoms with Crippen LogP contribution < -0.4 is 10.1 Å². The van der Waals surface area contributed by atoms with E-state index < -0.39 is 6.04 Å². The van der Waals surface area contributed by atoms with Gasteiger partial charge in [0, 0.05) is 17.6 Å². The number of benzene rings is 2. The van der Waals surface area contributed by atoms with Crippen LogP contribution in [-0.2, 0) is 16.1 Å². The zero-order valence-corrected chi connectivity index (χ0v) is 17.5. The van der Waals surface area contributed by atoms with E-state index in [0.717, 1.165) is 11.1 Å². The molecule has 0 fully saturated rings.